The van der Waals surface area contributed by atoms with Crippen molar-refractivity contribution in [1.29, 1.82) is 0 Å². The molecule has 4 rings (SSSR count). The van der Waals surface area contributed by atoms with Crippen molar-refractivity contribution in [2.75, 3.05) is 0 Å². The smallest absolute Gasteiger partial charge is 0.160 e. The highest BCUT2D eigenvalue weighted by Crippen LogP contribution is 2.28. The van der Waals surface area contributed by atoms with Gasteiger partial charge in [-0.1, -0.05) is 18.2 Å². The van der Waals surface area contributed by atoms with Crippen LogP contribution in [0.5, 0.6) is 0 Å². The van der Waals surface area contributed by atoms with E-state index in [1.807, 2.05) is 12.3 Å². The van der Waals surface area contributed by atoms with Crippen molar-refractivity contribution in [2.24, 2.45) is 0 Å². The minimum Gasteiger partial charge on any atom is -0.236 e. The molecule has 1 aromatic carbocycles. The molecule has 3 aromatic rings. The highest BCUT2D eigenvalue weighted by Gasteiger charge is 2.14. The second-order valence-corrected chi connectivity index (χ2v) is 5.02. The molecule has 2 heterocycles. The molecule has 0 amide bonds. The fraction of sp³-hybridized carbons (Fsp3) is 0.250. The Morgan fingerprint density at radius 1 is 1.00 bits per heavy atom. The first-order valence-corrected chi connectivity index (χ1v) is 6.58. The van der Waals surface area contributed by atoms with Crippen LogP contribution in [0, 0.1) is 0 Å². The number of aryl methyl sites for hydroxylation is 2. The largest absolute Gasteiger partial charge is 0.236 e. The van der Waals surface area contributed by atoms with Crippen LogP contribution in [-0.2, 0) is 12.8 Å². The van der Waals surface area contributed by atoms with Crippen molar-refractivity contribution in [1.82, 2.24) is 9.97 Å². The van der Waals surface area contributed by atoms with Crippen LogP contribution in [0.25, 0.3) is 21.9 Å². The van der Waals surface area contributed by atoms with Crippen molar-refractivity contribution in [2.45, 2.75) is 25.7 Å². The average molecular weight is 234 g/mol. The average Bonchev–Trinajstić information content (AvgIpc) is 2.45. The van der Waals surface area contributed by atoms with Gasteiger partial charge < -0.3 is 0 Å². The molecular weight excluding hydrogens is 220 g/mol. The van der Waals surface area contributed by atoms with Crippen LogP contribution in [0.15, 0.2) is 36.5 Å². The summed E-state index contributed by atoms with van der Waals surface area (Å²) in [6.45, 7) is 0. The predicted molar refractivity (Wildman–Crippen MR) is 73.7 cm³/mol. The van der Waals surface area contributed by atoms with Gasteiger partial charge in [0.1, 0.15) is 0 Å². The van der Waals surface area contributed by atoms with Crippen LogP contribution in [0.3, 0.4) is 0 Å². The Bertz CT molecular complexity index is 747. The summed E-state index contributed by atoms with van der Waals surface area (Å²) in [7, 11) is 0. The zero-order chi connectivity index (χ0) is 11.9. The molecule has 88 valence electrons. The lowest BCUT2D eigenvalue weighted by Gasteiger charge is -2.17. The number of fused-ring (bicyclic) bond motifs is 4. The van der Waals surface area contributed by atoms with E-state index in [1.165, 1.54) is 47.6 Å². The second-order valence-electron chi connectivity index (χ2n) is 5.02. The summed E-state index contributed by atoms with van der Waals surface area (Å²) in [6.07, 6.45) is 6.96. The van der Waals surface area contributed by atoms with E-state index in [2.05, 4.69) is 34.2 Å². The molecule has 2 nitrogen and oxygen atoms in total. The molecule has 0 atom stereocenters. The van der Waals surface area contributed by atoms with Gasteiger partial charge in [0.2, 0.25) is 0 Å². The fourth-order valence-corrected chi connectivity index (χ4v) is 2.94. The third kappa shape index (κ3) is 1.42. The standard InChI is InChI=1S/C16H14N2/c1-3-7-13-12(6-1)10-17-16-14(13)9-11-5-2-4-8-15(11)18-16/h2,4-5,8-10H,1,3,6-7H2. The molecule has 18 heavy (non-hydrogen) atoms. The van der Waals surface area contributed by atoms with Gasteiger partial charge in [0.25, 0.3) is 0 Å². The van der Waals surface area contributed by atoms with Crippen molar-refractivity contribution < 1.29 is 0 Å². The number of nitrogens with zero attached hydrogens (tertiary/aromatic N) is 2. The summed E-state index contributed by atoms with van der Waals surface area (Å²) in [4.78, 5) is 9.21. The lowest BCUT2D eigenvalue weighted by Crippen LogP contribution is -2.04. The Morgan fingerprint density at radius 2 is 1.89 bits per heavy atom. The summed E-state index contributed by atoms with van der Waals surface area (Å²) in [5, 5.41) is 2.47. The third-order valence-corrected chi connectivity index (χ3v) is 3.88. The molecule has 1 aliphatic carbocycles. The zero-order valence-corrected chi connectivity index (χ0v) is 10.2. The van der Waals surface area contributed by atoms with Crippen LogP contribution in [0.4, 0.5) is 0 Å². The molecule has 0 saturated heterocycles. The van der Waals surface area contributed by atoms with Crippen molar-refractivity contribution in [3.8, 4) is 0 Å². The Morgan fingerprint density at radius 3 is 2.89 bits per heavy atom. The highest BCUT2D eigenvalue weighted by molar-refractivity contribution is 5.93. The maximum atomic E-state index is 4.67. The molecule has 0 bridgehead atoms. The summed E-state index contributed by atoms with van der Waals surface area (Å²) < 4.78 is 0. The summed E-state index contributed by atoms with van der Waals surface area (Å²) in [5.41, 5.74) is 4.83. The fourth-order valence-electron chi connectivity index (χ4n) is 2.94. The highest BCUT2D eigenvalue weighted by atomic mass is 14.8. The van der Waals surface area contributed by atoms with Crippen molar-refractivity contribution >= 4 is 21.9 Å². The molecule has 0 unspecified atom stereocenters. The van der Waals surface area contributed by atoms with E-state index < -0.39 is 0 Å². The SMILES string of the molecule is c1ccc2nc3ncc4c(c3cc2c1)CCCC4. The molecule has 0 N–H and O–H groups in total. The molecule has 0 radical (unpaired) electrons. The number of rotatable bonds is 0. The minimum atomic E-state index is 0.898. The summed E-state index contributed by atoms with van der Waals surface area (Å²) in [5.74, 6) is 0. The molecule has 2 heteroatoms. The molecule has 0 aliphatic heterocycles. The van der Waals surface area contributed by atoms with Gasteiger partial charge in [0, 0.05) is 17.0 Å². The number of benzene rings is 1. The van der Waals surface area contributed by atoms with E-state index in [-0.39, 0.29) is 0 Å². The monoisotopic (exact) mass is 234 g/mol. The molecule has 0 saturated carbocycles. The maximum absolute atomic E-state index is 4.67. The molecular formula is C16H14N2. The number of pyridine rings is 2. The quantitative estimate of drug-likeness (QED) is 0.555. The first-order valence-electron chi connectivity index (χ1n) is 6.58. The Labute approximate surface area is 106 Å². The van der Waals surface area contributed by atoms with E-state index in [1.54, 1.807) is 0 Å². The normalized spacial score (nSPS) is 14.9. The van der Waals surface area contributed by atoms with E-state index in [0.717, 1.165) is 11.2 Å². The first kappa shape index (κ1) is 10.0. The lowest BCUT2D eigenvalue weighted by molar-refractivity contribution is 0.687. The van der Waals surface area contributed by atoms with Gasteiger partial charge in [0.05, 0.1) is 5.52 Å². The number of hydrogen-bond acceptors (Lipinski definition) is 2. The van der Waals surface area contributed by atoms with E-state index in [9.17, 15) is 0 Å². The van der Waals surface area contributed by atoms with E-state index in [0.29, 0.717) is 0 Å². The Balaban J connectivity index is 2.11. The molecule has 0 spiro atoms. The van der Waals surface area contributed by atoms with Gasteiger partial charge in [0.15, 0.2) is 5.65 Å². The first-order chi connectivity index (χ1) is 8.92. The topological polar surface area (TPSA) is 25.8 Å². The van der Waals surface area contributed by atoms with E-state index in [4.69, 9.17) is 0 Å². The van der Waals surface area contributed by atoms with Crippen LogP contribution in [0.1, 0.15) is 24.0 Å². The third-order valence-electron chi connectivity index (χ3n) is 3.88. The molecule has 0 fully saturated rings. The van der Waals surface area contributed by atoms with Gasteiger partial charge >= 0.3 is 0 Å². The van der Waals surface area contributed by atoms with Gasteiger partial charge in [-0.2, -0.15) is 0 Å². The lowest BCUT2D eigenvalue weighted by atomic mass is 9.91. The van der Waals surface area contributed by atoms with Crippen molar-refractivity contribution in [3.63, 3.8) is 0 Å². The number of para-hydroxylation sites is 1. The van der Waals surface area contributed by atoms with Gasteiger partial charge in [-0.05, 0) is 48.9 Å². The second kappa shape index (κ2) is 3.77. The van der Waals surface area contributed by atoms with E-state index >= 15 is 0 Å². The Kier molecular flexibility index (Phi) is 2.10. The minimum absolute atomic E-state index is 0.898. The van der Waals surface area contributed by atoms with Gasteiger partial charge in [-0.15, -0.1) is 0 Å². The predicted octanol–water partition coefficient (Wildman–Crippen LogP) is 3.66. The van der Waals surface area contributed by atoms with Crippen LogP contribution in [-0.4, -0.2) is 9.97 Å². The van der Waals surface area contributed by atoms with Gasteiger partial charge in [-0.3, -0.25) is 0 Å². The zero-order valence-electron chi connectivity index (χ0n) is 10.2. The maximum Gasteiger partial charge on any atom is 0.160 e. The molecule has 1 aliphatic rings. The Hall–Kier alpha value is -1.96. The van der Waals surface area contributed by atoms with Crippen molar-refractivity contribution in [3.05, 3.63) is 47.7 Å². The summed E-state index contributed by atoms with van der Waals surface area (Å²) >= 11 is 0. The summed E-state index contributed by atoms with van der Waals surface area (Å²) in [6, 6.07) is 10.5. The number of aromatic nitrogens is 2. The van der Waals surface area contributed by atoms with Crippen LogP contribution < -0.4 is 0 Å². The van der Waals surface area contributed by atoms with Crippen LogP contribution in [0.2, 0.25) is 0 Å². The molecule has 2 aromatic heterocycles. The number of hydrogen-bond donors (Lipinski definition) is 0. The van der Waals surface area contributed by atoms with Crippen LogP contribution >= 0.6 is 0 Å². The van der Waals surface area contributed by atoms with Gasteiger partial charge in [-0.25, -0.2) is 9.97 Å².